The standard InChI is InChI=1S/C12H16N2O4/c1-4-18-7-12(15)13-10-5-8(2)9(3)6-11(10)14(16)17/h5-6H,4,7H2,1-3H3,(H,13,15). The molecule has 0 atom stereocenters. The van der Waals surface area contributed by atoms with Gasteiger partial charge in [-0.25, -0.2) is 0 Å². The molecule has 18 heavy (non-hydrogen) atoms. The van der Waals surface area contributed by atoms with Crippen LogP contribution in [-0.4, -0.2) is 24.0 Å². The molecule has 0 unspecified atom stereocenters. The third kappa shape index (κ3) is 3.53. The number of aryl methyl sites for hydroxylation is 2. The molecule has 6 heteroatoms. The first-order valence-corrected chi connectivity index (χ1v) is 5.59. The van der Waals surface area contributed by atoms with Crippen LogP contribution in [0.15, 0.2) is 12.1 Å². The summed E-state index contributed by atoms with van der Waals surface area (Å²) >= 11 is 0. The average Bonchev–Trinajstić information content (AvgIpc) is 2.30. The number of nitrogens with zero attached hydrogens (tertiary/aromatic N) is 1. The predicted molar refractivity (Wildman–Crippen MR) is 67.7 cm³/mol. The lowest BCUT2D eigenvalue weighted by atomic mass is 10.1. The highest BCUT2D eigenvalue weighted by Crippen LogP contribution is 2.27. The van der Waals surface area contributed by atoms with Gasteiger partial charge in [0.05, 0.1) is 4.92 Å². The Labute approximate surface area is 105 Å². The van der Waals surface area contributed by atoms with Gasteiger partial charge < -0.3 is 10.1 Å². The van der Waals surface area contributed by atoms with Gasteiger partial charge in [-0.1, -0.05) is 0 Å². The third-order valence-electron chi connectivity index (χ3n) is 2.52. The first-order chi connectivity index (χ1) is 8.45. The van der Waals surface area contributed by atoms with Gasteiger partial charge in [0.2, 0.25) is 0 Å². The number of anilines is 1. The summed E-state index contributed by atoms with van der Waals surface area (Å²) in [5, 5.41) is 13.4. The van der Waals surface area contributed by atoms with E-state index in [4.69, 9.17) is 4.74 Å². The zero-order valence-corrected chi connectivity index (χ0v) is 10.6. The molecule has 0 heterocycles. The van der Waals surface area contributed by atoms with E-state index in [0.29, 0.717) is 6.61 Å². The summed E-state index contributed by atoms with van der Waals surface area (Å²) < 4.78 is 4.94. The number of carbonyl (C=O) groups excluding carboxylic acids is 1. The fourth-order valence-electron chi connectivity index (χ4n) is 1.43. The summed E-state index contributed by atoms with van der Waals surface area (Å²) in [6, 6.07) is 3.04. The Morgan fingerprint density at radius 1 is 1.39 bits per heavy atom. The van der Waals surface area contributed by atoms with Gasteiger partial charge in [-0.2, -0.15) is 0 Å². The van der Waals surface area contributed by atoms with E-state index < -0.39 is 10.8 Å². The van der Waals surface area contributed by atoms with Crippen molar-refractivity contribution in [2.45, 2.75) is 20.8 Å². The number of nitro groups is 1. The molecular weight excluding hydrogens is 236 g/mol. The molecule has 0 bridgehead atoms. The van der Waals surface area contributed by atoms with Crippen LogP contribution in [0, 0.1) is 24.0 Å². The summed E-state index contributed by atoms with van der Waals surface area (Å²) in [5.41, 5.74) is 1.78. The lowest BCUT2D eigenvalue weighted by Gasteiger charge is -2.08. The van der Waals surface area contributed by atoms with Crippen molar-refractivity contribution in [3.63, 3.8) is 0 Å². The summed E-state index contributed by atoms with van der Waals surface area (Å²) in [7, 11) is 0. The third-order valence-corrected chi connectivity index (χ3v) is 2.52. The number of benzene rings is 1. The minimum absolute atomic E-state index is 0.108. The van der Waals surface area contributed by atoms with Crippen molar-refractivity contribution in [1.82, 2.24) is 0 Å². The van der Waals surface area contributed by atoms with E-state index >= 15 is 0 Å². The smallest absolute Gasteiger partial charge is 0.293 e. The maximum Gasteiger partial charge on any atom is 0.293 e. The second-order valence-electron chi connectivity index (χ2n) is 3.90. The van der Waals surface area contributed by atoms with Gasteiger partial charge in [0.25, 0.3) is 11.6 Å². The van der Waals surface area contributed by atoms with Crippen LogP contribution < -0.4 is 5.32 Å². The largest absolute Gasteiger partial charge is 0.372 e. The van der Waals surface area contributed by atoms with Crippen LogP contribution >= 0.6 is 0 Å². The van der Waals surface area contributed by atoms with Crippen LogP contribution in [0.5, 0.6) is 0 Å². The van der Waals surface area contributed by atoms with Gasteiger partial charge in [0.15, 0.2) is 0 Å². The fourth-order valence-corrected chi connectivity index (χ4v) is 1.43. The van der Waals surface area contributed by atoms with E-state index in [2.05, 4.69) is 5.32 Å². The van der Waals surface area contributed by atoms with Crippen LogP contribution in [0.25, 0.3) is 0 Å². The molecule has 0 aliphatic carbocycles. The topological polar surface area (TPSA) is 81.5 Å². The molecular formula is C12H16N2O4. The second kappa shape index (κ2) is 6.11. The van der Waals surface area contributed by atoms with Crippen LogP contribution in [0.2, 0.25) is 0 Å². The molecule has 0 fully saturated rings. The zero-order chi connectivity index (χ0) is 13.7. The number of nitrogens with one attached hydrogen (secondary N) is 1. The summed E-state index contributed by atoms with van der Waals surface area (Å²) in [5.74, 6) is -0.400. The minimum atomic E-state index is -0.511. The highest BCUT2D eigenvalue weighted by Gasteiger charge is 2.17. The minimum Gasteiger partial charge on any atom is -0.372 e. The van der Waals surface area contributed by atoms with Crippen molar-refractivity contribution in [2.75, 3.05) is 18.5 Å². The van der Waals surface area contributed by atoms with Crippen molar-refractivity contribution >= 4 is 17.3 Å². The van der Waals surface area contributed by atoms with Crippen molar-refractivity contribution in [3.05, 3.63) is 33.4 Å². The molecule has 1 aromatic rings. The molecule has 1 aromatic carbocycles. The summed E-state index contributed by atoms with van der Waals surface area (Å²) in [4.78, 5) is 21.9. The Morgan fingerprint density at radius 2 is 2.00 bits per heavy atom. The SMILES string of the molecule is CCOCC(=O)Nc1cc(C)c(C)cc1[N+](=O)[O-]. The first-order valence-electron chi connectivity index (χ1n) is 5.59. The lowest BCUT2D eigenvalue weighted by molar-refractivity contribution is -0.384. The molecule has 1 rings (SSSR count). The summed E-state index contributed by atoms with van der Waals surface area (Å²) in [6.45, 7) is 5.69. The van der Waals surface area contributed by atoms with E-state index in [1.807, 2.05) is 6.92 Å². The molecule has 0 radical (unpaired) electrons. The maximum absolute atomic E-state index is 11.5. The molecule has 1 N–H and O–H groups in total. The Hall–Kier alpha value is -1.95. The Morgan fingerprint density at radius 3 is 2.56 bits per heavy atom. The van der Waals surface area contributed by atoms with Crippen molar-refractivity contribution < 1.29 is 14.5 Å². The molecule has 0 aliphatic rings. The quantitative estimate of drug-likeness (QED) is 0.643. The van der Waals surface area contributed by atoms with Gasteiger partial charge in [0, 0.05) is 12.7 Å². The van der Waals surface area contributed by atoms with Gasteiger partial charge in [-0.3, -0.25) is 14.9 Å². The predicted octanol–water partition coefficient (Wildman–Crippen LogP) is 2.19. The first kappa shape index (κ1) is 14.1. The number of hydrogen-bond acceptors (Lipinski definition) is 4. The Bertz CT molecular complexity index is 471. The number of nitro benzene ring substituents is 1. The molecule has 98 valence electrons. The molecule has 6 nitrogen and oxygen atoms in total. The van der Waals surface area contributed by atoms with Gasteiger partial charge >= 0.3 is 0 Å². The van der Waals surface area contributed by atoms with Crippen molar-refractivity contribution in [1.29, 1.82) is 0 Å². The molecule has 0 aliphatic heterocycles. The number of carbonyl (C=O) groups is 1. The van der Waals surface area contributed by atoms with Crippen molar-refractivity contribution in [2.24, 2.45) is 0 Å². The Kier molecular flexibility index (Phi) is 4.79. The van der Waals surface area contributed by atoms with E-state index in [1.54, 1.807) is 19.9 Å². The number of rotatable bonds is 5. The molecule has 1 amide bonds. The van der Waals surface area contributed by atoms with Crippen LogP contribution in [-0.2, 0) is 9.53 Å². The maximum atomic E-state index is 11.5. The van der Waals surface area contributed by atoms with Gasteiger partial charge in [0.1, 0.15) is 12.3 Å². The highest BCUT2D eigenvalue weighted by atomic mass is 16.6. The normalized spacial score (nSPS) is 10.2. The number of amides is 1. The fraction of sp³-hybridized carbons (Fsp3) is 0.417. The van der Waals surface area contributed by atoms with E-state index in [9.17, 15) is 14.9 Å². The van der Waals surface area contributed by atoms with E-state index in [0.717, 1.165) is 11.1 Å². The van der Waals surface area contributed by atoms with E-state index in [1.165, 1.54) is 6.07 Å². The van der Waals surface area contributed by atoms with Crippen LogP contribution in [0.3, 0.4) is 0 Å². The highest BCUT2D eigenvalue weighted by molar-refractivity contribution is 5.94. The molecule has 0 saturated heterocycles. The van der Waals surface area contributed by atoms with Gasteiger partial charge in [-0.15, -0.1) is 0 Å². The zero-order valence-electron chi connectivity index (χ0n) is 10.6. The molecule has 0 saturated carbocycles. The molecule has 0 spiro atoms. The summed E-state index contributed by atoms with van der Waals surface area (Å²) in [6.07, 6.45) is 0. The van der Waals surface area contributed by atoms with Crippen LogP contribution in [0.4, 0.5) is 11.4 Å². The monoisotopic (exact) mass is 252 g/mol. The average molecular weight is 252 g/mol. The molecule has 0 aromatic heterocycles. The van der Waals surface area contributed by atoms with Crippen molar-refractivity contribution in [3.8, 4) is 0 Å². The van der Waals surface area contributed by atoms with E-state index in [-0.39, 0.29) is 18.0 Å². The van der Waals surface area contributed by atoms with Gasteiger partial charge in [-0.05, 0) is 38.0 Å². The number of hydrogen-bond donors (Lipinski definition) is 1. The second-order valence-corrected chi connectivity index (χ2v) is 3.90. The van der Waals surface area contributed by atoms with Crippen LogP contribution in [0.1, 0.15) is 18.1 Å². The Balaban J connectivity index is 2.96. The number of ether oxygens (including phenoxy) is 1. The lowest BCUT2D eigenvalue weighted by Crippen LogP contribution is -2.19.